The second-order valence-electron chi connectivity index (χ2n) is 3.14. The molecule has 11 heavy (non-hydrogen) atoms. The van der Waals surface area contributed by atoms with Gasteiger partial charge in [0.1, 0.15) is 5.82 Å². The fourth-order valence-corrected chi connectivity index (χ4v) is 1.55. The van der Waals surface area contributed by atoms with Gasteiger partial charge in [-0.25, -0.2) is 4.98 Å². The third kappa shape index (κ3) is 1.16. The van der Waals surface area contributed by atoms with Crippen LogP contribution in [-0.4, -0.2) is 20.8 Å². The van der Waals surface area contributed by atoms with E-state index < -0.39 is 0 Å². The van der Waals surface area contributed by atoms with Crippen LogP contribution < -0.4 is 0 Å². The maximum atomic E-state index is 9.31. The fourth-order valence-electron chi connectivity index (χ4n) is 1.55. The third-order valence-electron chi connectivity index (χ3n) is 2.10. The molecule has 1 aromatic rings. The van der Waals surface area contributed by atoms with Crippen molar-refractivity contribution in [1.82, 2.24) is 9.55 Å². The first-order valence-corrected chi connectivity index (χ1v) is 3.96. The van der Waals surface area contributed by atoms with Crippen LogP contribution >= 0.6 is 0 Å². The largest absolute Gasteiger partial charge is 0.393 e. The maximum Gasteiger partial charge on any atom is 0.111 e. The molecule has 1 unspecified atom stereocenters. The van der Waals surface area contributed by atoms with Crippen LogP contribution in [0.1, 0.15) is 17.9 Å². The number of aliphatic hydroxyl groups excluding tert-OH is 1. The van der Waals surface area contributed by atoms with E-state index in [-0.39, 0.29) is 6.10 Å². The van der Waals surface area contributed by atoms with E-state index in [0.717, 1.165) is 24.5 Å². The molecule has 0 fully saturated rings. The molecule has 2 heterocycles. The van der Waals surface area contributed by atoms with Crippen LogP contribution in [0.25, 0.3) is 0 Å². The topological polar surface area (TPSA) is 38.0 Å². The molecule has 0 saturated heterocycles. The molecule has 1 atom stereocenters. The van der Waals surface area contributed by atoms with Crippen LogP contribution in [0.5, 0.6) is 0 Å². The summed E-state index contributed by atoms with van der Waals surface area (Å²) in [4.78, 5) is 4.30. The zero-order valence-corrected chi connectivity index (χ0v) is 6.62. The molecule has 1 aromatic heterocycles. The number of aryl methyl sites for hydroxylation is 2. The summed E-state index contributed by atoms with van der Waals surface area (Å²) in [7, 11) is 0. The first-order chi connectivity index (χ1) is 5.25. The Bertz CT molecular complexity index is 267. The highest BCUT2D eigenvalue weighted by molar-refractivity contribution is 5.05. The van der Waals surface area contributed by atoms with Gasteiger partial charge in [0.15, 0.2) is 0 Å². The van der Waals surface area contributed by atoms with Gasteiger partial charge in [-0.05, 0) is 13.3 Å². The molecule has 2 rings (SSSR count). The highest BCUT2D eigenvalue weighted by Gasteiger charge is 2.17. The number of rotatable bonds is 0. The van der Waals surface area contributed by atoms with Gasteiger partial charge in [0, 0.05) is 19.2 Å². The standard InChI is InChI=1S/C8H12N2O/c1-6-5-10-3-2-7(11)4-8(10)9-6/h5,7,11H,2-4H2,1H3. The molecule has 60 valence electrons. The Kier molecular flexibility index (Phi) is 1.46. The molecule has 1 N–H and O–H groups in total. The maximum absolute atomic E-state index is 9.31. The first-order valence-electron chi connectivity index (χ1n) is 3.96. The highest BCUT2D eigenvalue weighted by atomic mass is 16.3. The predicted octanol–water partition coefficient (Wildman–Crippen LogP) is 0.499. The van der Waals surface area contributed by atoms with E-state index in [4.69, 9.17) is 0 Å². The van der Waals surface area contributed by atoms with Gasteiger partial charge in [-0.1, -0.05) is 0 Å². The molecule has 0 bridgehead atoms. The second kappa shape index (κ2) is 2.34. The number of imidazole rings is 1. The van der Waals surface area contributed by atoms with Crippen LogP contribution in [0, 0.1) is 6.92 Å². The summed E-state index contributed by atoms with van der Waals surface area (Å²) in [6.07, 6.45) is 3.45. The number of hydrogen-bond donors (Lipinski definition) is 1. The summed E-state index contributed by atoms with van der Waals surface area (Å²) >= 11 is 0. The Balaban J connectivity index is 2.34. The second-order valence-corrected chi connectivity index (χ2v) is 3.14. The molecule has 0 saturated carbocycles. The van der Waals surface area contributed by atoms with E-state index >= 15 is 0 Å². The average molecular weight is 152 g/mol. The molecule has 1 aliphatic rings. The third-order valence-corrected chi connectivity index (χ3v) is 2.10. The van der Waals surface area contributed by atoms with Gasteiger partial charge in [-0.2, -0.15) is 0 Å². The van der Waals surface area contributed by atoms with Crippen molar-refractivity contribution in [1.29, 1.82) is 0 Å². The minimum absolute atomic E-state index is 0.177. The van der Waals surface area contributed by atoms with E-state index in [1.807, 2.05) is 13.1 Å². The van der Waals surface area contributed by atoms with Crippen molar-refractivity contribution < 1.29 is 5.11 Å². The molecule has 3 heteroatoms. The average Bonchev–Trinajstić information content (AvgIpc) is 2.27. The zero-order chi connectivity index (χ0) is 7.84. The lowest BCUT2D eigenvalue weighted by Crippen LogP contribution is -2.22. The Morgan fingerprint density at radius 1 is 1.73 bits per heavy atom. The minimum atomic E-state index is -0.177. The molecule has 0 radical (unpaired) electrons. The Labute approximate surface area is 65.7 Å². The van der Waals surface area contributed by atoms with E-state index in [9.17, 15) is 5.11 Å². The molecule has 0 amide bonds. The molecule has 0 aliphatic carbocycles. The van der Waals surface area contributed by atoms with Crippen molar-refractivity contribution in [3.63, 3.8) is 0 Å². The zero-order valence-electron chi connectivity index (χ0n) is 6.62. The van der Waals surface area contributed by atoms with Crippen molar-refractivity contribution in [2.75, 3.05) is 0 Å². The Morgan fingerprint density at radius 3 is 3.36 bits per heavy atom. The van der Waals surface area contributed by atoms with Gasteiger partial charge in [0.25, 0.3) is 0 Å². The highest BCUT2D eigenvalue weighted by Crippen LogP contribution is 2.14. The van der Waals surface area contributed by atoms with Gasteiger partial charge in [0.05, 0.1) is 11.8 Å². The van der Waals surface area contributed by atoms with E-state index in [2.05, 4.69) is 9.55 Å². The monoisotopic (exact) mass is 152 g/mol. The van der Waals surface area contributed by atoms with Crippen molar-refractivity contribution in [3.8, 4) is 0 Å². The molecular weight excluding hydrogens is 140 g/mol. The van der Waals surface area contributed by atoms with Gasteiger partial charge >= 0.3 is 0 Å². The van der Waals surface area contributed by atoms with E-state index in [1.165, 1.54) is 0 Å². The lowest BCUT2D eigenvalue weighted by Gasteiger charge is -2.18. The molecule has 0 aromatic carbocycles. The van der Waals surface area contributed by atoms with Crippen LogP contribution in [0.4, 0.5) is 0 Å². The van der Waals surface area contributed by atoms with Crippen molar-refractivity contribution >= 4 is 0 Å². The normalized spacial score (nSPS) is 23.3. The summed E-state index contributed by atoms with van der Waals surface area (Å²) in [6, 6.07) is 0. The summed E-state index contributed by atoms with van der Waals surface area (Å²) in [6.45, 7) is 2.90. The van der Waals surface area contributed by atoms with Gasteiger partial charge in [0.2, 0.25) is 0 Å². The van der Waals surface area contributed by atoms with Crippen molar-refractivity contribution in [2.24, 2.45) is 0 Å². The van der Waals surface area contributed by atoms with Gasteiger partial charge in [-0.3, -0.25) is 0 Å². The molecule has 3 nitrogen and oxygen atoms in total. The van der Waals surface area contributed by atoms with E-state index in [1.54, 1.807) is 0 Å². The van der Waals surface area contributed by atoms with Crippen LogP contribution in [-0.2, 0) is 13.0 Å². The summed E-state index contributed by atoms with van der Waals surface area (Å²) in [5.74, 6) is 1.03. The van der Waals surface area contributed by atoms with E-state index in [0.29, 0.717) is 6.42 Å². The summed E-state index contributed by atoms with van der Waals surface area (Å²) in [5, 5.41) is 9.31. The molecular formula is C8H12N2O. The lowest BCUT2D eigenvalue weighted by atomic mass is 10.1. The smallest absolute Gasteiger partial charge is 0.111 e. The number of aromatic nitrogens is 2. The summed E-state index contributed by atoms with van der Waals surface area (Å²) < 4.78 is 2.13. The summed E-state index contributed by atoms with van der Waals surface area (Å²) in [5.41, 5.74) is 1.05. The van der Waals surface area contributed by atoms with Gasteiger partial charge < -0.3 is 9.67 Å². The van der Waals surface area contributed by atoms with Crippen LogP contribution in [0.3, 0.4) is 0 Å². The van der Waals surface area contributed by atoms with Crippen molar-refractivity contribution in [3.05, 3.63) is 17.7 Å². The number of fused-ring (bicyclic) bond motifs is 1. The van der Waals surface area contributed by atoms with Gasteiger partial charge in [-0.15, -0.1) is 0 Å². The number of nitrogens with zero attached hydrogens (tertiary/aromatic N) is 2. The minimum Gasteiger partial charge on any atom is -0.393 e. The quantitative estimate of drug-likeness (QED) is 0.587. The fraction of sp³-hybridized carbons (Fsp3) is 0.625. The number of hydrogen-bond acceptors (Lipinski definition) is 2. The van der Waals surface area contributed by atoms with Crippen LogP contribution in [0.15, 0.2) is 6.20 Å². The van der Waals surface area contributed by atoms with Crippen LogP contribution in [0.2, 0.25) is 0 Å². The Hall–Kier alpha value is -0.830. The molecule has 0 spiro atoms. The SMILES string of the molecule is Cc1cn2c(n1)CC(O)CC2. The predicted molar refractivity (Wildman–Crippen MR) is 41.3 cm³/mol. The van der Waals surface area contributed by atoms with Crippen molar-refractivity contribution in [2.45, 2.75) is 32.4 Å². The first kappa shape index (κ1) is 6.85. The molecule has 1 aliphatic heterocycles. The lowest BCUT2D eigenvalue weighted by molar-refractivity contribution is 0.141. The number of aliphatic hydroxyl groups is 1. The Morgan fingerprint density at radius 2 is 2.55 bits per heavy atom.